The molecule has 3 N–H and O–H groups in total. The van der Waals surface area contributed by atoms with Crippen LogP contribution in [0.3, 0.4) is 0 Å². The van der Waals surface area contributed by atoms with Gasteiger partial charge in [0.15, 0.2) is 5.17 Å². The van der Waals surface area contributed by atoms with Gasteiger partial charge in [-0.3, -0.25) is 24.7 Å². The first-order chi connectivity index (χ1) is 6.86. The van der Waals surface area contributed by atoms with Crippen molar-refractivity contribution in [2.75, 3.05) is 7.05 Å². The number of amides is 2. The van der Waals surface area contributed by atoms with Crippen molar-refractivity contribution in [1.82, 2.24) is 4.90 Å². The van der Waals surface area contributed by atoms with E-state index in [2.05, 4.69) is 12.6 Å². The Morgan fingerprint density at radius 3 is 2.40 bits per heavy atom. The van der Waals surface area contributed by atoms with E-state index in [1.54, 1.807) is 0 Å². The van der Waals surface area contributed by atoms with Crippen molar-refractivity contribution in [2.24, 2.45) is 5.73 Å². The number of nitrogens with one attached hydrogen (secondary N) is 1. The molecule has 8 heteroatoms. The number of hydrogen-bond acceptors (Lipinski definition) is 5. The third kappa shape index (κ3) is 2.05. The van der Waals surface area contributed by atoms with E-state index < -0.39 is 16.9 Å². The fraction of sp³-hybridized carbons (Fsp3) is 0.143. The minimum atomic E-state index is -0.804. The lowest BCUT2D eigenvalue weighted by Gasteiger charge is -2.05. The molecule has 0 bridgehead atoms. The van der Waals surface area contributed by atoms with E-state index in [4.69, 9.17) is 11.1 Å². The molecular formula is C7H7N3O3S2. The number of likely N-dealkylation sites (N-methyl/N-ethyl adjacent to an activating group) is 1. The number of rotatable bonds is 2. The van der Waals surface area contributed by atoms with Gasteiger partial charge in [0.05, 0.1) is 4.91 Å². The quantitative estimate of drug-likeness (QED) is 0.197. The smallest absolute Gasteiger partial charge is 0.268 e. The summed E-state index contributed by atoms with van der Waals surface area (Å²) in [6.45, 7) is 0. The van der Waals surface area contributed by atoms with Crippen molar-refractivity contribution in [3.8, 4) is 0 Å². The predicted molar refractivity (Wildman–Crippen MR) is 58.3 cm³/mol. The van der Waals surface area contributed by atoms with Gasteiger partial charge in [-0.2, -0.15) is 0 Å². The van der Waals surface area contributed by atoms with Crippen LogP contribution in [0.1, 0.15) is 0 Å². The maximum atomic E-state index is 11.5. The summed E-state index contributed by atoms with van der Waals surface area (Å²) < 4.78 is 0. The van der Waals surface area contributed by atoms with Crippen molar-refractivity contribution >= 4 is 46.5 Å². The van der Waals surface area contributed by atoms with Gasteiger partial charge < -0.3 is 5.73 Å². The Balaban J connectivity index is 3.23. The van der Waals surface area contributed by atoms with Crippen molar-refractivity contribution in [3.63, 3.8) is 0 Å². The van der Waals surface area contributed by atoms with Gasteiger partial charge in [-0.15, -0.1) is 12.6 Å². The topological polar surface area (TPSA) is 104 Å². The normalized spacial score (nSPS) is 16.3. The number of amidine groups is 1. The number of hydrogen-bond donors (Lipinski definition) is 3. The van der Waals surface area contributed by atoms with Crippen LogP contribution >= 0.6 is 24.4 Å². The molecular weight excluding hydrogens is 238 g/mol. The Kier molecular flexibility index (Phi) is 3.20. The van der Waals surface area contributed by atoms with Crippen LogP contribution in [0, 0.1) is 5.41 Å². The second-order valence-electron chi connectivity index (χ2n) is 2.64. The van der Waals surface area contributed by atoms with Crippen LogP contribution in [-0.4, -0.2) is 34.0 Å². The van der Waals surface area contributed by atoms with Crippen LogP contribution in [-0.2, 0) is 14.4 Å². The Hall–Kier alpha value is -1.28. The van der Waals surface area contributed by atoms with Crippen LogP contribution in [0.4, 0.5) is 0 Å². The Bertz CT molecular complexity index is 416. The lowest BCUT2D eigenvalue weighted by Crippen LogP contribution is -2.27. The standard InChI is InChI=1S/C7H7N3O3S2/c1-10-4(11)2(6(13)14)3(5(10)12)15-7(8)9/h1H3,(H3,8,9)(H,13,14). The molecule has 0 spiro atoms. The van der Waals surface area contributed by atoms with E-state index in [0.29, 0.717) is 11.8 Å². The first-order valence-corrected chi connectivity index (χ1v) is 4.94. The molecule has 0 fully saturated rings. The zero-order chi connectivity index (χ0) is 11.7. The highest BCUT2D eigenvalue weighted by Gasteiger charge is 2.39. The molecule has 0 unspecified atom stereocenters. The summed E-state index contributed by atoms with van der Waals surface area (Å²) in [4.78, 5) is 34.5. The summed E-state index contributed by atoms with van der Waals surface area (Å²) >= 11 is 4.07. The molecule has 1 aliphatic heterocycles. The molecule has 0 saturated heterocycles. The Morgan fingerprint density at radius 2 is 2.00 bits per heavy atom. The number of carbonyl (C=O) groups excluding carboxylic acids is 3. The minimum absolute atomic E-state index is 0.144. The van der Waals surface area contributed by atoms with Crippen molar-refractivity contribution in [3.05, 3.63) is 10.5 Å². The van der Waals surface area contributed by atoms with Gasteiger partial charge >= 0.3 is 0 Å². The summed E-state index contributed by atoms with van der Waals surface area (Å²) in [5.74, 6) is -1.36. The van der Waals surface area contributed by atoms with Crippen molar-refractivity contribution in [1.29, 1.82) is 5.41 Å². The van der Waals surface area contributed by atoms with Gasteiger partial charge in [0.1, 0.15) is 5.57 Å². The van der Waals surface area contributed by atoms with Gasteiger partial charge in [0, 0.05) is 7.05 Å². The molecule has 1 rings (SSSR count). The zero-order valence-electron chi connectivity index (χ0n) is 7.60. The lowest BCUT2D eigenvalue weighted by molar-refractivity contribution is -0.135. The highest BCUT2D eigenvalue weighted by Crippen LogP contribution is 2.29. The largest absolute Gasteiger partial charge is 0.378 e. The highest BCUT2D eigenvalue weighted by molar-refractivity contribution is 8.17. The summed E-state index contributed by atoms with van der Waals surface area (Å²) in [6, 6.07) is 0. The van der Waals surface area contributed by atoms with Crippen molar-refractivity contribution in [2.45, 2.75) is 0 Å². The SMILES string of the molecule is CN1C(=O)C(SC(=N)N)=C(C(=O)S)C1=O. The molecule has 80 valence electrons. The summed E-state index contributed by atoms with van der Waals surface area (Å²) in [5.41, 5.74) is 4.75. The average Bonchev–Trinajstić information content (AvgIpc) is 2.30. The molecule has 0 aromatic rings. The fourth-order valence-electron chi connectivity index (χ4n) is 1.01. The third-order valence-electron chi connectivity index (χ3n) is 1.67. The Morgan fingerprint density at radius 1 is 1.47 bits per heavy atom. The first kappa shape index (κ1) is 11.8. The molecule has 0 aromatic heterocycles. The summed E-state index contributed by atoms with van der Waals surface area (Å²) in [6.07, 6.45) is 0. The molecule has 0 atom stereocenters. The van der Waals surface area contributed by atoms with Crippen LogP contribution < -0.4 is 5.73 Å². The molecule has 0 aliphatic carbocycles. The zero-order valence-corrected chi connectivity index (χ0v) is 9.32. The van der Waals surface area contributed by atoms with Crippen LogP contribution in [0.2, 0.25) is 0 Å². The maximum absolute atomic E-state index is 11.5. The van der Waals surface area contributed by atoms with Gasteiger partial charge in [0.2, 0.25) is 5.12 Å². The number of carbonyl (C=O) groups is 3. The number of thioether (sulfide) groups is 1. The van der Waals surface area contributed by atoms with Gasteiger partial charge in [-0.25, -0.2) is 0 Å². The van der Waals surface area contributed by atoms with Crippen LogP contribution in [0.5, 0.6) is 0 Å². The molecule has 0 saturated carbocycles. The van der Waals surface area contributed by atoms with E-state index in [1.165, 1.54) is 7.05 Å². The lowest BCUT2D eigenvalue weighted by atomic mass is 10.3. The van der Waals surface area contributed by atoms with Gasteiger partial charge in [0.25, 0.3) is 11.8 Å². The van der Waals surface area contributed by atoms with Gasteiger partial charge in [-0.05, 0) is 11.8 Å². The molecule has 0 radical (unpaired) electrons. The minimum Gasteiger partial charge on any atom is -0.378 e. The third-order valence-corrected chi connectivity index (χ3v) is 2.70. The molecule has 1 heterocycles. The first-order valence-electron chi connectivity index (χ1n) is 3.68. The van der Waals surface area contributed by atoms with E-state index in [-0.39, 0.29) is 15.6 Å². The molecule has 6 nitrogen and oxygen atoms in total. The van der Waals surface area contributed by atoms with E-state index in [9.17, 15) is 14.4 Å². The number of thiol groups is 1. The van der Waals surface area contributed by atoms with E-state index >= 15 is 0 Å². The second-order valence-corrected chi connectivity index (χ2v) is 4.10. The Labute approximate surface area is 94.8 Å². The fourth-order valence-corrected chi connectivity index (χ4v) is 2.02. The average molecular weight is 245 g/mol. The summed E-state index contributed by atoms with van der Waals surface area (Å²) in [5, 5.41) is 5.83. The predicted octanol–water partition coefficient (Wildman–Crippen LogP) is -0.678. The monoisotopic (exact) mass is 245 g/mol. The number of imide groups is 1. The molecule has 1 aliphatic rings. The van der Waals surface area contributed by atoms with Crippen LogP contribution in [0.15, 0.2) is 10.5 Å². The maximum Gasteiger partial charge on any atom is 0.268 e. The number of nitrogens with zero attached hydrogens (tertiary/aromatic N) is 1. The highest BCUT2D eigenvalue weighted by atomic mass is 32.2. The second kappa shape index (κ2) is 4.07. The number of nitrogens with two attached hydrogens (primary N) is 1. The molecule has 0 aromatic carbocycles. The van der Waals surface area contributed by atoms with Gasteiger partial charge in [-0.1, -0.05) is 0 Å². The van der Waals surface area contributed by atoms with Crippen LogP contribution in [0.25, 0.3) is 0 Å². The van der Waals surface area contributed by atoms with E-state index in [1.807, 2.05) is 0 Å². The van der Waals surface area contributed by atoms with E-state index in [0.717, 1.165) is 4.90 Å². The summed E-state index contributed by atoms with van der Waals surface area (Å²) in [7, 11) is 1.25. The van der Waals surface area contributed by atoms with Crippen molar-refractivity contribution < 1.29 is 14.4 Å². The molecule has 15 heavy (non-hydrogen) atoms. The molecule has 2 amide bonds.